The fraction of sp³-hybridized carbons (Fsp3) is 0.250. The number of aromatic amines is 1. The van der Waals surface area contributed by atoms with E-state index in [1.807, 2.05) is 6.07 Å². The van der Waals surface area contributed by atoms with Gasteiger partial charge >= 0.3 is 0 Å². The Hall–Kier alpha value is -2.61. The zero-order valence-corrected chi connectivity index (χ0v) is 10.5. The number of carbonyl (C=O) groups excluding carboxylic acids is 1. The van der Waals surface area contributed by atoms with Gasteiger partial charge < -0.3 is 15.1 Å². The molecule has 0 saturated carbocycles. The molecule has 0 spiro atoms. The number of imidazole rings is 1. The summed E-state index contributed by atoms with van der Waals surface area (Å²) in [4.78, 5) is 23.2. The smallest absolute Gasteiger partial charge is 0.230 e. The highest BCUT2D eigenvalue weighted by atomic mass is 16.4. The van der Waals surface area contributed by atoms with Crippen molar-refractivity contribution in [3.05, 3.63) is 35.9 Å². The number of ketones is 1. The molecule has 0 aliphatic rings. The molecule has 0 radical (unpaired) electrons. The summed E-state index contributed by atoms with van der Waals surface area (Å²) >= 11 is 0. The van der Waals surface area contributed by atoms with Gasteiger partial charge in [-0.3, -0.25) is 4.79 Å². The second kappa shape index (κ2) is 5.17. The summed E-state index contributed by atoms with van der Waals surface area (Å²) in [5, 5.41) is 7.54. The third-order valence-electron chi connectivity index (χ3n) is 2.77. The first-order chi connectivity index (χ1) is 9.76. The average Bonchev–Trinajstić information content (AvgIpc) is 3.10. The first-order valence-electron chi connectivity index (χ1n) is 6.11. The summed E-state index contributed by atoms with van der Waals surface area (Å²) in [6.07, 6.45) is 2.21. The van der Waals surface area contributed by atoms with Crippen molar-refractivity contribution in [2.24, 2.45) is 5.73 Å². The van der Waals surface area contributed by atoms with Gasteiger partial charge in [0.05, 0.1) is 12.1 Å². The molecule has 0 saturated heterocycles. The number of rotatable bonds is 5. The number of carbonyl (C=O) groups is 1. The van der Waals surface area contributed by atoms with Crippen molar-refractivity contribution in [3.63, 3.8) is 0 Å². The number of nitrogens with zero attached hydrogens (tertiary/aromatic N) is 4. The van der Waals surface area contributed by atoms with Crippen molar-refractivity contribution in [1.82, 2.24) is 25.1 Å². The Labute approximate surface area is 113 Å². The van der Waals surface area contributed by atoms with E-state index in [2.05, 4.69) is 25.1 Å². The van der Waals surface area contributed by atoms with Crippen LogP contribution in [0.3, 0.4) is 0 Å². The second-order valence-corrected chi connectivity index (χ2v) is 4.18. The number of H-pyrrole nitrogens is 1. The third kappa shape index (κ3) is 2.41. The van der Waals surface area contributed by atoms with Crippen molar-refractivity contribution in [2.45, 2.75) is 19.4 Å². The van der Waals surface area contributed by atoms with Gasteiger partial charge in [0, 0.05) is 19.0 Å². The molecule has 0 aliphatic heterocycles. The van der Waals surface area contributed by atoms with E-state index in [1.54, 1.807) is 12.3 Å². The normalized spacial score (nSPS) is 11.1. The molecule has 3 aromatic heterocycles. The highest BCUT2D eigenvalue weighted by Crippen LogP contribution is 2.10. The van der Waals surface area contributed by atoms with Gasteiger partial charge in [-0.25, -0.2) is 9.97 Å². The molecule has 0 aliphatic carbocycles. The molecule has 8 nitrogen and oxygen atoms in total. The molecule has 3 N–H and O–H groups in total. The SMILES string of the molecule is NCc1nnc(CCC(=O)c2nc3ncccc3[nH]2)o1. The maximum atomic E-state index is 12.0. The number of hydrogen-bond acceptors (Lipinski definition) is 7. The number of fused-ring (bicyclic) bond motifs is 1. The zero-order valence-electron chi connectivity index (χ0n) is 10.5. The molecule has 0 aromatic carbocycles. The van der Waals surface area contributed by atoms with Crippen LogP contribution in [0.4, 0.5) is 0 Å². The number of pyridine rings is 1. The molecular weight excluding hydrogens is 260 g/mol. The van der Waals surface area contributed by atoms with E-state index in [0.29, 0.717) is 23.8 Å². The molecule has 20 heavy (non-hydrogen) atoms. The Morgan fingerprint density at radius 2 is 2.20 bits per heavy atom. The van der Waals surface area contributed by atoms with Crippen LogP contribution in [0.2, 0.25) is 0 Å². The lowest BCUT2D eigenvalue weighted by Gasteiger charge is -1.93. The number of aromatic nitrogens is 5. The van der Waals surface area contributed by atoms with E-state index >= 15 is 0 Å². The molecule has 0 fully saturated rings. The average molecular weight is 272 g/mol. The molecule has 3 rings (SSSR count). The number of Topliss-reactive ketones (excluding diaryl/α,β-unsaturated/α-hetero) is 1. The van der Waals surface area contributed by atoms with Crippen molar-refractivity contribution < 1.29 is 9.21 Å². The fourth-order valence-corrected chi connectivity index (χ4v) is 1.79. The van der Waals surface area contributed by atoms with E-state index in [9.17, 15) is 4.79 Å². The summed E-state index contributed by atoms with van der Waals surface area (Å²) in [7, 11) is 0. The number of nitrogens with one attached hydrogen (secondary N) is 1. The monoisotopic (exact) mass is 272 g/mol. The van der Waals surface area contributed by atoms with Gasteiger partial charge in [0.1, 0.15) is 0 Å². The minimum absolute atomic E-state index is 0.129. The van der Waals surface area contributed by atoms with Crippen LogP contribution in [0.1, 0.15) is 28.8 Å². The predicted octanol–water partition coefficient (Wildman–Crippen LogP) is 0.615. The minimum Gasteiger partial charge on any atom is -0.424 e. The lowest BCUT2D eigenvalue weighted by atomic mass is 10.2. The van der Waals surface area contributed by atoms with Crippen LogP contribution < -0.4 is 5.73 Å². The van der Waals surface area contributed by atoms with Crippen molar-refractivity contribution in [1.29, 1.82) is 0 Å². The van der Waals surface area contributed by atoms with Crippen molar-refractivity contribution >= 4 is 16.9 Å². The Kier molecular flexibility index (Phi) is 3.21. The maximum Gasteiger partial charge on any atom is 0.230 e. The fourth-order valence-electron chi connectivity index (χ4n) is 1.79. The van der Waals surface area contributed by atoms with E-state index in [0.717, 1.165) is 5.52 Å². The van der Waals surface area contributed by atoms with Gasteiger partial charge in [-0.05, 0) is 12.1 Å². The van der Waals surface area contributed by atoms with Crippen LogP contribution in [-0.4, -0.2) is 30.9 Å². The molecule has 102 valence electrons. The van der Waals surface area contributed by atoms with E-state index in [4.69, 9.17) is 10.2 Å². The van der Waals surface area contributed by atoms with Gasteiger partial charge in [-0.1, -0.05) is 0 Å². The summed E-state index contributed by atoms with van der Waals surface area (Å²) in [6, 6.07) is 3.60. The Morgan fingerprint density at radius 1 is 1.35 bits per heavy atom. The first-order valence-corrected chi connectivity index (χ1v) is 6.11. The molecule has 0 atom stereocenters. The molecule has 8 heteroatoms. The summed E-state index contributed by atoms with van der Waals surface area (Å²) in [5.74, 6) is 0.918. The van der Waals surface area contributed by atoms with E-state index < -0.39 is 0 Å². The predicted molar refractivity (Wildman–Crippen MR) is 68.7 cm³/mol. The number of nitrogens with two attached hydrogens (primary N) is 1. The van der Waals surface area contributed by atoms with Gasteiger partial charge in [0.25, 0.3) is 0 Å². The Bertz CT molecular complexity index is 714. The summed E-state index contributed by atoms with van der Waals surface area (Å²) in [5.41, 5.74) is 6.63. The topological polar surface area (TPSA) is 124 Å². The molecule has 0 unspecified atom stereocenters. The molecule has 3 heterocycles. The van der Waals surface area contributed by atoms with Crippen LogP contribution in [-0.2, 0) is 13.0 Å². The molecule has 3 aromatic rings. The van der Waals surface area contributed by atoms with Crippen LogP contribution in [0.25, 0.3) is 11.2 Å². The first kappa shape index (κ1) is 12.4. The number of hydrogen-bond donors (Lipinski definition) is 2. The highest BCUT2D eigenvalue weighted by molar-refractivity contribution is 5.95. The summed E-state index contributed by atoms with van der Waals surface area (Å²) < 4.78 is 5.24. The third-order valence-corrected chi connectivity index (χ3v) is 2.77. The largest absolute Gasteiger partial charge is 0.424 e. The zero-order chi connectivity index (χ0) is 13.9. The maximum absolute atomic E-state index is 12.0. The standard InChI is InChI=1S/C12H12N6O2/c13-6-10-18-17-9(20-10)4-3-8(19)12-15-7-2-1-5-14-11(7)16-12/h1-2,5H,3-4,6,13H2,(H,14,15,16). The summed E-state index contributed by atoms with van der Waals surface area (Å²) in [6.45, 7) is 0.191. The van der Waals surface area contributed by atoms with Crippen LogP contribution in [0.5, 0.6) is 0 Å². The van der Waals surface area contributed by atoms with Crippen molar-refractivity contribution in [3.8, 4) is 0 Å². The lowest BCUT2D eigenvalue weighted by Crippen LogP contribution is -2.03. The molecular formula is C12H12N6O2. The quantitative estimate of drug-likeness (QED) is 0.652. The lowest BCUT2D eigenvalue weighted by molar-refractivity contribution is 0.0971. The number of aryl methyl sites for hydroxylation is 1. The van der Waals surface area contributed by atoms with Gasteiger partial charge in [-0.2, -0.15) is 0 Å². The Morgan fingerprint density at radius 3 is 2.95 bits per heavy atom. The Balaban J connectivity index is 1.69. The van der Waals surface area contributed by atoms with Crippen molar-refractivity contribution in [2.75, 3.05) is 0 Å². The molecule has 0 bridgehead atoms. The minimum atomic E-state index is -0.129. The van der Waals surface area contributed by atoms with Crippen LogP contribution in [0.15, 0.2) is 22.7 Å². The van der Waals surface area contributed by atoms with Gasteiger partial charge in [0.2, 0.25) is 11.8 Å². The van der Waals surface area contributed by atoms with Crippen LogP contribution >= 0.6 is 0 Å². The van der Waals surface area contributed by atoms with E-state index in [1.165, 1.54) is 0 Å². The van der Waals surface area contributed by atoms with Crippen LogP contribution in [0, 0.1) is 0 Å². The highest BCUT2D eigenvalue weighted by Gasteiger charge is 2.14. The van der Waals surface area contributed by atoms with E-state index in [-0.39, 0.29) is 24.6 Å². The van der Waals surface area contributed by atoms with Gasteiger partial charge in [0.15, 0.2) is 17.3 Å². The van der Waals surface area contributed by atoms with Gasteiger partial charge in [-0.15, -0.1) is 10.2 Å². The second-order valence-electron chi connectivity index (χ2n) is 4.18. The molecule has 0 amide bonds.